The van der Waals surface area contributed by atoms with Gasteiger partial charge in [0.15, 0.2) is 0 Å². The van der Waals surface area contributed by atoms with E-state index in [-0.39, 0.29) is 5.91 Å². The average molecular weight is 262 g/mol. The molecule has 0 saturated heterocycles. The second-order valence-corrected chi connectivity index (χ2v) is 5.11. The summed E-state index contributed by atoms with van der Waals surface area (Å²) in [7, 11) is 0. The summed E-state index contributed by atoms with van der Waals surface area (Å²) in [5.74, 6) is 0.0809. The summed E-state index contributed by atoms with van der Waals surface area (Å²) < 4.78 is 0. The third kappa shape index (κ3) is 3.14. The van der Waals surface area contributed by atoms with Crippen LogP contribution in [0.1, 0.15) is 43.4 Å². The van der Waals surface area contributed by atoms with E-state index in [2.05, 4.69) is 0 Å². The molecule has 0 aliphatic carbocycles. The largest absolute Gasteiger partial charge is 0.388 e. The predicted molar refractivity (Wildman–Crippen MR) is 76.0 cm³/mol. The van der Waals surface area contributed by atoms with Crippen LogP contribution in [-0.2, 0) is 11.2 Å². The fraction of sp³-hybridized carbons (Fsp3) is 0.533. The lowest BCUT2D eigenvalue weighted by molar-refractivity contribution is -0.116. The minimum atomic E-state index is -0.457. The maximum Gasteiger partial charge on any atom is 0.223 e. The van der Waals surface area contributed by atoms with E-state index in [1.807, 2.05) is 23.1 Å². The van der Waals surface area contributed by atoms with Crippen LogP contribution in [0.15, 0.2) is 18.2 Å². The van der Waals surface area contributed by atoms with Gasteiger partial charge in [0.2, 0.25) is 5.91 Å². The summed E-state index contributed by atoms with van der Waals surface area (Å²) in [5.41, 5.74) is 8.54. The normalized spacial score (nSPS) is 16.1. The summed E-state index contributed by atoms with van der Waals surface area (Å²) in [4.78, 5) is 13.4. The topological polar surface area (TPSA) is 66.6 Å². The number of nitrogens with two attached hydrogens (primary N) is 1. The second-order valence-electron chi connectivity index (χ2n) is 5.11. The molecular formula is C15H22N2O2. The van der Waals surface area contributed by atoms with Gasteiger partial charge in [-0.2, -0.15) is 0 Å². The number of hydrogen-bond acceptors (Lipinski definition) is 3. The van der Waals surface area contributed by atoms with Crippen molar-refractivity contribution in [2.45, 2.75) is 38.7 Å². The smallest absolute Gasteiger partial charge is 0.223 e. The summed E-state index contributed by atoms with van der Waals surface area (Å²) in [5, 5.41) is 10.1. The Morgan fingerprint density at radius 3 is 3.00 bits per heavy atom. The zero-order valence-electron chi connectivity index (χ0n) is 11.4. The Labute approximate surface area is 114 Å². The molecule has 1 amide bonds. The molecule has 2 rings (SSSR count). The van der Waals surface area contributed by atoms with Crippen LogP contribution in [0.5, 0.6) is 0 Å². The Bertz CT molecular complexity index is 459. The number of aliphatic hydroxyl groups is 1. The van der Waals surface area contributed by atoms with Crippen molar-refractivity contribution in [3.63, 3.8) is 0 Å². The molecule has 1 unspecified atom stereocenters. The minimum Gasteiger partial charge on any atom is -0.388 e. The first-order valence-electron chi connectivity index (χ1n) is 6.92. The molecule has 0 saturated carbocycles. The minimum absolute atomic E-state index is 0.0809. The Hall–Kier alpha value is -1.39. The fourth-order valence-corrected chi connectivity index (χ4v) is 2.63. The van der Waals surface area contributed by atoms with Gasteiger partial charge in [-0.25, -0.2) is 0 Å². The molecule has 0 spiro atoms. The van der Waals surface area contributed by atoms with E-state index >= 15 is 0 Å². The van der Waals surface area contributed by atoms with Crippen LogP contribution in [0.2, 0.25) is 0 Å². The molecule has 1 atom stereocenters. The van der Waals surface area contributed by atoms with Crippen LogP contribution in [0.3, 0.4) is 0 Å². The second kappa shape index (κ2) is 6.17. The third-order valence-corrected chi connectivity index (χ3v) is 3.67. The molecule has 3 N–H and O–H groups in total. The Kier molecular flexibility index (Phi) is 4.56. The van der Waals surface area contributed by atoms with Crippen molar-refractivity contribution in [3.8, 4) is 0 Å². The molecule has 4 nitrogen and oxygen atoms in total. The van der Waals surface area contributed by atoms with E-state index in [1.54, 1.807) is 6.92 Å². The highest BCUT2D eigenvalue weighted by molar-refractivity contribution is 5.92. The van der Waals surface area contributed by atoms with E-state index < -0.39 is 6.10 Å². The maximum absolute atomic E-state index is 11.6. The molecule has 19 heavy (non-hydrogen) atoms. The van der Waals surface area contributed by atoms with Crippen molar-refractivity contribution in [1.29, 1.82) is 0 Å². The maximum atomic E-state index is 11.6. The van der Waals surface area contributed by atoms with E-state index in [1.165, 1.54) is 0 Å². The SMILES string of the molecule is CC(=O)N1CCCc2cc(C(O)CCCN)ccc21. The third-order valence-electron chi connectivity index (χ3n) is 3.67. The number of aryl methyl sites for hydroxylation is 1. The summed E-state index contributed by atoms with van der Waals surface area (Å²) in [6, 6.07) is 5.91. The van der Waals surface area contributed by atoms with E-state index in [0.717, 1.165) is 42.6 Å². The zero-order valence-corrected chi connectivity index (χ0v) is 11.4. The van der Waals surface area contributed by atoms with Crippen LogP contribution in [0, 0.1) is 0 Å². The van der Waals surface area contributed by atoms with Gasteiger partial charge < -0.3 is 15.7 Å². The number of hydrogen-bond donors (Lipinski definition) is 2. The molecule has 1 aromatic rings. The number of carbonyl (C=O) groups is 1. The molecule has 1 aliphatic rings. The van der Waals surface area contributed by atoms with Crippen LogP contribution in [0.4, 0.5) is 5.69 Å². The zero-order chi connectivity index (χ0) is 13.8. The molecule has 1 heterocycles. The highest BCUT2D eigenvalue weighted by Crippen LogP contribution is 2.30. The standard InChI is InChI=1S/C15H22N2O2/c1-11(18)17-9-3-4-12-10-13(6-7-14(12)17)15(19)5-2-8-16/h6-7,10,15,19H,2-5,8-9,16H2,1H3. The number of fused-ring (bicyclic) bond motifs is 1. The first-order valence-corrected chi connectivity index (χ1v) is 6.92. The van der Waals surface area contributed by atoms with Gasteiger partial charge in [0.25, 0.3) is 0 Å². The molecule has 104 valence electrons. The molecule has 1 aliphatic heterocycles. The van der Waals surface area contributed by atoms with Crippen molar-refractivity contribution in [2.24, 2.45) is 5.73 Å². The first-order chi connectivity index (χ1) is 9.13. The number of benzene rings is 1. The van der Waals surface area contributed by atoms with Crippen molar-refractivity contribution in [2.75, 3.05) is 18.0 Å². The number of aliphatic hydroxyl groups excluding tert-OH is 1. The predicted octanol–water partition coefficient (Wildman–Crippen LogP) is 1.76. The highest BCUT2D eigenvalue weighted by Gasteiger charge is 2.20. The molecule has 4 heteroatoms. The van der Waals surface area contributed by atoms with Crippen molar-refractivity contribution in [1.82, 2.24) is 0 Å². The molecular weight excluding hydrogens is 240 g/mol. The lowest BCUT2D eigenvalue weighted by atomic mass is 9.96. The van der Waals surface area contributed by atoms with Gasteiger partial charge in [0, 0.05) is 19.2 Å². The van der Waals surface area contributed by atoms with Gasteiger partial charge in [-0.3, -0.25) is 4.79 Å². The van der Waals surface area contributed by atoms with Gasteiger partial charge in [0.05, 0.1) is 6.10 Å². The molecule has 0 fully saturated rings. The summed E-state index contributed by atoms with van der Waals surface area (Å²) in [6.45, 7) is 2.98. The summed E-state index contributed by atoms with van der Waals surface area (Å²) >= 11 is 0. The van der Waals surface area contributed by atoms with Crippen molar-refractivity contribution < 1.29 is 9.90 Å². The van der Waals surface area contributed by atoms with E-state index in [4.69, 9.17) is 5.73 Å². The monoisotopic (exact) mass is 262 g/mol. The number of nitrogens with zero attached hydrogens (tertiary/aromatic N) is 1. The molecule has 0 aromatic heterocycles. The van der Waals surface area contributed by atoms with Crippen LogP contribution >= 0.6 is 0 Å². The lowest BCUT2D eigenvalue weighted by Crippen LogP contribution is -2.33. The van der Waals surface area contributed by atoms with Crippen LogP contribution in [0.25, 0.3) is 0 Å². The van der Waals surface area contributed by atoms with Crippen LogP contribution < -0.4 is 10.6 Å². The molecule has 1 aromatic carbocycles. The Morgan fingerprint density at radius 1 is 1.53 bits per heavy atom. The van der Waals surface area contributed by atoms with E-state index in [0.29, 0.717) is 13.0 Å². The van der Waals surface area contributed by atoms with Gasteiger partial charge in [-0.15, -0.1) is 0 Å². The lowest BCUT2D eigenvalue weighted by Gasteiger charge is -2.29. The molecule has 0 radical (unpaired) electrons. The molecule has 0 bridgehead atoms. The Balaban J connectivity index is 2.21. The first kappa shape index (κ1) is 14.0. The number of rotatable bonds is 4. The van der Waals surface area contributed by atoms with E-state index in [9.17, 15) is 9.90 Å². The fourth-order valence-electron chi connectivity index (χ4n) is 2.63. The van der Waals surface area contributed by atoms with Gasteiger partial charge in [-0.05, 0) is 49.4 Å². The summed E-state index contributed by atoms with van der Waals surface area (Å²) in [6.07, 6.45) is 3.00. The number of anilines is 1. The number of carbonyl (C=O) groups excluding carboxylic acids is 1. The number of amides is 1. The van der Waals surface area contributed by atoms with Crippen LogP contribution in [-0.4, -0.2) is 24.1 Å². The van der Waals surface area contributed by atoms with Crippen molar-refractivity contribution in [3.05, 3.63) is 29.3 Å². The Morgan fingerprint density at radius 2 is 2.32 bits per heavy atom. The highest BCUT2D eigenvalue weighted by atomic mass is 16.3. The van der Waals surface area contributed by atoms with Gasteiger partial charge >= 0.3 is 0 Å². The van der Waals surface area contributed by atoms with Gasteiger partial charge in [-0.1, -0.05) is 12.1 Å². The van der Waals surface area contributed by atoms with Crippen molar-refractivity contribution >= 4 is 11.6 Å². The average Bonchev–Trinajstić information content (AvgIpc) is 2.43. The quantitative estimate of drug-likeness (QED) is 0.869. The van der Waals surface area contributed by atoms with Gasteiger partial charge in [0.1, 0.15) is 0 Å².